The molecule has 0 aliphatic carbocycles. The van der Waals surface area contributed by atoms with Crippen molar-refractivity contribution in [1.82, 2.24) is 24.4 Å². The van der Waals surface area contributed by atoms with Crippen LogP contribution in [0.3, 0.4) is 0 Å². The lowest BCUT2D eigenvalue weighted by Gasteiger charge is -2.15. The van der Waals surface area contributed by atoms with Crippen LogP contribution >= 0.6 is 0 Å². The average molecular weight is 507 g/mol. The van der Waals surface area contributed by atoms with Crippen LogP contribution in [0.5, 0.6) is 0 Å². The topological polar surface area (TPSA) is 72.9 Å². The smallest absolute Gasteiger partial charge is 0.165 e. The highest BCUT2D eigenvalue weighted by Crippen LogP contribution is 2.31. The lowest BCUT2D eigenvalue weighted by molar-refractivity contribution is 0.331. The molecule has 3 aromatic heterocycles. The van der Waals surface area contributed by atoms with Crippen LogP contribution in [-0.4, -0.2) is 37.5 Å². The van der Waals surface area contributed by atoms with Gasteiger partial charge < -0.3 is 5.73 Å². The first kappa shape index (κ1) is 27.0. The molecule has 38 heavy (non-hydrogen) atoms. The van der Waals surface area contributed by atoms with Gasteiger partial charge in [-0.15, -0.1) is 0 Å². The number of aromatic nitrogens is 4. The number of anilines is 1. The van der Waals surface area contributed by atoms with Gasteiger partial charge in [-0.1, -0.05) is 70.2 Å². The number of likely N-dealkylation sites (tertiary alicyclic amines) is 1. The Morgan fingerprint density at radius 1 is 0.763 bits per heavy atom. The summed E-state index contributed by atoms with van der Waals surface area (Å²) in [6, 6.07) is 26.8. The maximum Gasteiger partial charge on any atom is 0.165 e. The summed E-state index contributed by atoms with van der Waals surface area (Å²) < 4.78 is 2.09. The van der Waals surface area contributed by atoms with Gasteiger partial charge in [0.2, 0.25) is 0 Å². The number of hydrogen-bond acceptors (Lipinski definition) is 5. The number of nitrogens with zero attached hydrogens (tertiary/aromatic N) is 5. The molecule has 0 saturated carbocycles. The minimum absolute atomic E-state index is 0.452. The van der Waals surface area contributed by atoms with Gasteiger partial charge in [0, 0.05) is 24.0 Å². The molecular formula is C32H38N6. The molecule has 0 bridgehead atoms. The second kappa shape index (κ2) is 13.0. The van der Waals surface area contributed by atoms with Crippen LogP contribution in [0.1, 0.15) is 46.1 Å². The van der Waals surface area contributed by atoms with Crippen LogP contribution in [0.15, 0.2) is 85.1 Å². The zero-order valence-electron chi connectivity index (χ0n) is 22.9. The van der Waals surface area contributed by atoms with Gasteiger partial charge in [-0.25, -0.2) is 15.0 Å². The number of benzene rings is 2. The van der Waals surface area contributed by atoms with E-state index in [1.54, 1.807) is 6.20 Å². The standard InChI is InChI=1S/C28H26N6.2C2H6/c29-26-23(9-6-16-30-26)27-32-25-15-14-24(21-7-2-1-3-8-21)31-28(25)34(27)22-12-10-20(11-13-22)19-33-17-4-5-18-33;2*1-2/h1-3,6-16H,4-5,17-19H2,(H2,29,30);2*1-2H3. The predicted octanol–water partition coefficient (Wildman–Crippen LogP) is 7.38. The molecule has 6 nitrogen and oxygen atoms in total. The Hall–Kier alpha value is -4.03. The summed E-state index contributed by atoms with van der Waals surface area (Å²) in [5.41, 5.74) is 13.0. The van der Waals surface area contributed by atoms with E-state index in [0.29, 0.717) is 5.82 Å². The van der Waals surface area contributed by atoms with Crippen molar-refractivity contribution in [2.75, 3.05) is 18.8 Å². The van der Waals surface area contributed by atoms with E-state index in [4.69, 9.17) is 15.7 Å². The van der Waals surface area contributed by atoms with E-state index in [-0.39, 0.29) is 0 Å². The van der Waals surface area contributed by atoms with E-state index in [1.807, 2.05) is 70.2 Å². The fourth-order valence-electron chi connectivity index (χ4n) is 4.71. The van der Waals surface area contributed by atoms with Gasteiger partial charge >= 0.3 is 0 Å². The Morgan fingerprint density at radius 2 is 1.47 bits per heavy atom. The van der Waals surface area contributed by atoms with Gasteiger partial charge in [-0.05, 0) is 67.9 Å². The summed E-state index contributed by atoms with van der Waals surface area (Å²) in [6.07, 6.45) is 4.29. The van der Waals surface area contributed by atoms with Crippen molar-refractivity contribution in [3.05, 3.63) is 90.6 Å². The lowest BCUT2D eigenvalue weighted by atomic mass is 10.1. The van der Waals surface area contributed by atoms with Gasteiger partial charge in [0.1, 0.15) is 11.3 Å². The third kappa shape index (κ3) is 5.76. The summed E-state index contributed by atoms with van der Waals surface area (Å²) in [5.74, 6) is 1.19. The highest BCUT2D eigenvalue weighted by Gasteiger charge is 2.19. The first-order valence-electron chi connectivity index (χ1n) is 13.7. The Bertz CT molecular complexity index is 1430. The first-order valence-corrected chi connectivity index (χ1v) is 13.7. The number of hydrogen-bond donors (Lipinski definition) is 1. The van der Waals surface area contributed by atoms with Crippen molar-refractivity contribution in [3.8, 4) is 28.3 Å². The van der Waals surface area contributed by atoms with Crippen LogP contribution in [0, 0.1) is 0 Å². The molecule has 4 heterocycles. The van der Waals surface area contributed by atoms with Gasteiger partial charge in [0.15, 0.2) is 11.5 Å². The van der Waals surface area contributed by atoms with Crippen LogP contribution < -0.4 is 5.73 Å². The summed E-state index contributed by atoms with van der Waals surface area (Å²) in [4.78, 5) is 16.8. The minimum Gasteiger partial charge on any atom is -0.383 e. The Kier molecular flexibility index (Phi) is 9.22. The second-order valence-corrected chi connectivity index (χ2v) is 8.76. The molecule has 196 valence electrons. The van der Waals surface area contributed by atoms with Crippen LogP contribution in [0.25, 0.3) is 39.5 Å². The summed E-state index contributed by atoms with van der Waals surface area (Å²) in [7, 11) is 0. The summed E-state index contributed by atoms with van der Waals surface area (Å²) >= 11 is 0. The van der Waals surface area contributed by atoms with E-state index in [1.165, 1.54) is 31.5 Å². The molecular weight excluding hydrogens is 468 g/mol. The molecule has 6 heteroatoms. The molecule has 1 aliphatic rings. The molecule has 1 aliphatic heterocycles. The Morgan fingerprint density at radius 3 is 2.16 bits per heavy atom. The van der Waals surface area contributed by atoms with Gasteiger partial charge in [-0.2, -0.15) is 0 Å². The van der Waals surface area contributed by atoms with Crippen LogP contribution in [0.2, 0.25) is 0 Å². The van der Waals surface area contributed by atoms with Gasteiger partial charge in [0.25, 0.3) is 0 Å². The number of imidazole rings is 1. The SMILES string of the molecule is CC.CC.Nc1ncccc1-c1nc2ccc(-c3ccccc3)nc2n1-c1ccc(CN2CCCC2)cc1. The Labute approximate surface area is 226 Å². The lowest BCUT2D eigenvalue weighted by Crippen LogP contribution is -2.18. The highest BCUT2D eigenvalue weighted by molar-refractivity contribution is 5.84. The van der Waals surface area contributed by atoms with Crippen molar-refractivity contribution < 1.29 is 0 Å². The summed E-state index contributed by atoms with van der Waals surface area (Å²) in [5, 5.41) is 0. The first-order chi connectivity index (χ1) is 18.8. The molecule has 0 unspecified atom stereocenters. The van der Waals surface area contributed by atoms with E-state index in [0.717, 1.165) is 46.0 Å². The molecule has 2 N–H and O–H groups in total. The number of pyridine rings is 2. The number of nitrogens with two attached hydrogens (primary N) is 1. The molecule has 0 amide bonds. The fourth-order valence-corrected chi connectivity index (χ4v) is 4.71. The average Bonchev–Trinajstić information content (AvgIpc) is 3.64. The normalized spacial score (nSPS) is 12.9. The third-order valence-electron chi connectivity index (χ3n) is 6.45. The van der Waals surface area contributed by atoms with Crippen LogP contribution in [0.4, 0.5) is 5.82 Å². The van der Waals surface area contributed by atoms with Gasteiger partial charge in [0.05, 0.1) is 11.3 Å². The molecule has 2 aromatic carbocycles. The molecule has 0 atom stereocenters. The third-order valence-corrected chi connectivity index (χ3v) is 6.45. The fraction of sp³-hybridized carbons (Fsp3) is 0.281. The molecule has 1 saturated heterocycles. The summed E-state index contributed by atoms with van der Waals surface area (Å²) in [6.45, 7) is 11.4. The highest BCUT2D eigenvalue weighted by atomic mass is 15.1. The molecule has 0 spiro atoms. The predicted molar refractivity (Wildman–Crippen MR) is 159 cm³/mol. The number of rotatable bonds is 5. The van der Waals surface area contributed by atoms with E-state index in [9.17, 15) is 0 Å². The zero-order valence-corrected chi connectivity index (χ0v) is 22.9. The maximum atomic E-state index is 6.27. The number of fused-ring (bicyclic) bond motifs is 1. The van der Waals surface area contributed by atoms with E-state index < -0.39 is 0 Å². The zero-order chi connectivity index (χ0) is 26.9. The molecule has 5 aromatic rings. The van der Waals surface area contributed by atoms with Crippen molar-refractivity contribution in [3.63, 3.8) is 0 Å². The maximum absolute atomic E-state index is 6.27. The number of nitrogen functional groups attached to an aromatic ring is 1. The quantitative estimate of drug-likeness (QED) is 0.269. The van der Waals surface area contributed by atoms with E-state index in [2.05, 4.69) is 50.8 Å². The van der Waals surface area contributed by atoms with Crippen molar-refractivity contribution >= 4 is 17.0 Å². The van der Waals surface area contributed by atoms with E-state index >= 15 is 0 Å². The Balaban J connectivity index is 0.000000804. The molecule has 1 fully saturated rings. The largest absolute Gasteiger partial charge is 0.383 e. The molecule has 0 radical (unpaired) electrons. The minimum atomic E-state index is 0.452. The molecule has 6 rings (SSSR count). The van der Waals surface area contributed by atoms with Crippen molar-refractivity contribution in [1.29, 1.82) is 0 Å². The second-order valence-electron chi connectivity index (χ2n) is 8.76. The van der Waals surface area contributed by atoms with Gasteiger partial charge in [-0.3, -0.25) is 9.47 Å². The van der Waals surface area contributed by atoms with Crippen molar-refractivity contribution in [2.24, 2.45) is 0 Å². The monoisotopic (exact) mass is 506 g/mol. The van der Waals surface area contributed by atoms with Crippen LogP contribution in [-0.2, 0) is 6.54 Å². The van der Waals surface area contributed by atoms with Crippen molar-refractivity contribution in [2.45, 2.75) is 47.1 Å².